The lowest BCUT2D eigenvalue weighted by Gasteiger charge is -2.21. The van der Waals surface area contributed by atoms with E-state index in [1.165, 1.54) is 32.7 Å². The molecule has 0 fully saturated rings. The first-order valence-electron chi connectivity index (χ1n) is 12.8. The number of anilines is 1. The second kappa shape index (κ2) is 13.1. The van der Waals surface area contributed by atoms with Crippen LogP contribution in [-0.4, -0.2) is 43.9 Å². The largest absolute Gasteiger partial charge is 0.493 e. The van der Waals surface area contributed by atoms with Gasteiger partial charge in [0.1, 0.15) is 10.7 Å². The number of hydrogen-bond donors (Lipinski definition) is 2. The lowest BCUT2D eigenvalue weighted by atomic mass is 10.0. The van der Waals surface area contributed by atoms with Crippen molar-refractivity contribution in [2.45, 2.75) is 19.9 Å². The zero-order valence-corrected chi connectivity index (χ0v) is 24.2. The van der Waals surface area contributed by atoms with Crippen LogP contribution in [0.4, 0.5) is 5.69 Å². The number of ketones is 1. The molecule has 3 aromatic carbocycles. The molecule has 0 spiro atoms. The molecule has 9 nitrogen and oxygen atoms in total. The Kier molecular flexibility index (Phi) is 9.36. The molecule has 0 aliphatic heterocycles. The Morgan fingerprint density at radius 1 is 0.805 bits per heavy atom. The number of hydrogen-bond acceptors (Lipinski definition) is 8. The Labute approximate surface area is 242 Å². The van der Waals surface area contributed by atoms with Gasteiger partial charge in [-0.25, -0.2) is 4.98 Å². The van der Waals surface area contributed by atoms with Gasteiger partial charge in [-0.05, 0) is 30.2 Å². The summed E-state index contributed by atoms with van der Waals surface area (Å²) in [6.45, 7) is 3.90. The van der Waals surface area contributed by atoms with E-state index >= 15 is 0 Å². The van der Waals surface area contributed by atoms with Crippen LogP contribution >= 0.6 is 11.3 Å². The molecule has 0 saturated heterocycles. The molecule has 0 aliphatic rings. The molecule has 4 aromatic rings. The number of nitrogens with one attached hydrogen (secondary N) is 2. The fraction of sp³-hybridized carbons (Fsp3) is 0.226. The van der Waals surface area contributed by atoms with E-state index in [2.05, 4.69) is 15.6 Å². The average Bonchev–Trinajstić information content (AvgIpc) is 3.49. The molecule has 1 aromatic heterocycles. The van der Waals surface area contributed by atoms with Gasteiger partial charge in [-0.15, -0.1) is 11.3 Å². The summed E-state index contributed by atoms with van der Waals surface area (Å²) < 4.78 is 16.1. The van der Waals surface area contributed by atoms with E-state index in [1.807, 2.05) is 19.9 Å². The molecule has 0 aliphatic carbocycles. The van der Waals surface area contributed by atoms with Crippen LogP contribution in [-0.2, 0) is 0 Å². The molecular weight excluding hydrogens is 542 g/mol. The Balaban J connectivity index is 1.53. The standard InChI is InChI=1S/C31H31N3O6S/c1-18(2)26(34-29(36)20-15-24(38-3)28(40-5)25(16-20)39-4)31-33-23(17-41-31)30(37)32-22-14-10-9-13-21(22)27(35)19-11-7-6-8-12-19/h6-18,26H,1-5H3,(H,32,37)(H,34,36). The monoisotopic (exact) mass is 573 g/mol. The van der Waals surface area contributed by atoms with Gasteiger partial charge in [-0.2, -0.15) is 0 Å². The Morgan fingerprint density at radius 2 is 1.44 bits per heavy atom. The predicted molar refractivity (Wildman–Crippen MR) is 158 cm³/mol. The Hall–Kier alpha value is -4.70. The third-order valence-electron chi connectivity index (χ3n) is 6.36. The van der Waals surface area contributed by atoms with Crippen molar-refractivity contribution in [3.63, 3.8) is 0 Å². The summed E-state index contributed by atoms with van der Waals surface area (Å²) in [6, 6.07) is 18.4. The van der Waals surface area contributed by atoms with Crippen molar-refractivity contribution in [1.29, 1.82) is 0 Å². The summed E-state index contributed by atoms with van der Waals surface area (Å²) in [7, 11) is 4.45. The van der Waals surface area contributed by atoms with Crippen LogP contribution in [0.15, 0.2) is 72.1 Å². The predicted octanol–water partition coefficient (Wildman–Crippen LogP) is 5.78. The molecule has 0 saturated carbocycles. The molecule has 0 bridgehead atoms. The van der Waals surface area contributed by atoms with Crippen LogP contribution < -0.4 is 24.8 Å². The summed E-state index contributed by atoms with van der Waals surface area (Å²) in [5.41, 5.74) is 1.78. The fourth-order valence-corrected chi connectivity index (χ4v) is 5.23. The van der Waals surface area contributed by atoms with E-state index < -0.39 is 11.9 Å². The third-order valence-corrected chi connectivity index (χ3v) is 7.28. The van der Waals surface area contributed by atoms with Crippen molar-refractivity contribution in [3.05, 3.63) is 99.5 Å². The van der Waals surface area contributed by atoms with Crippen molar-refractivity contribution in [2.75, 3.05) is 26.6 Å². The van der Waals surface area contributed by atoms with Crippen LogP contribution in [0, 0.1) is 5.92 Å². The van der Waals surface area contributed by atoms with Gasteiger partial charge in [0.25, 0.3) is 11.8 Å². The van der Waals surface area contributed by atoms with E-state index in [9.17, 15) is 14.4 Å². The molecule has 1 unspecified atom stereocenters. The zero-order chi connectivity index (χ0) is 29.5. The van der Waals surface area contributed by atoms with Crippen LogP contribution in [0.3, 0.4) is 0 Å². The van der Waals surface area contributed by atoms with E-state index in [1.54, 1.807) is 66.0 Å². The highest BCUT2D eigenvalue weighted by atomic mass is 32.1. The van der Waals surface area contributed by atoms with E-state index in [0.29, 0.717) is 44.6 Å². The smallest absolute Gasteiger partial charge is 0.275 e. The van der Waals surface area contributed by atoms with Crippen molar-refractivity contribution < 1.29 is 28.6 Å². The SMILES string of the molecule is COc1cc(C(=O)NC(c2nc(C(=O)Nc3ccccc3C(=O)c3ccccc3)cs2)C(C)C)cc(OC)c1OC. The normalized spacial score (nSPS) is 11.5. The number of methoxy groups -OCH3 is 3. The molecule has 4 rings (SSSR count). The number of carbonyl (C=O) groups is 3. The molecule has 1 atom stereocenters. The minimum absolute atomic E-state index is 0.0349. The number of aromatic nitrogens is 1. The van der Waals surface area contributed by atoms with Crippen molar-refractivity contribution in [1.82, 2.24) is 10.3 Å². The van der Waals surface area contributed by atoms with Gasteiger partial charge in [-0.3, -0.25) is 14.4 Å². The minimum Gasteiger partial charge on any atom is -0.493 e. The van der Waals surface area contributed by atoms with Crippen molar-refractivity contribution >= 4 is 34.6 Å². The van der Waals surface area contributed by atoms with Gasteiger partial charge in [0.2, 0.25) is 5.75 Å². The number of benzene rings is 3. The summed E-state index contributed by atoms with van der Waals surface area (Å²) in [4.78, 5) is 44.0. The number of rotatable bonds is 11. The summed E-state index contributed by atoms with van der Waals surface area (Å²) in [5, 5.41) is 8.03. The molecule has 2 amide bonds. The molecule has 10 heteroatoms. The summed E-state index contributed by atoms with van der Waals surface area (Å²) in [5.74, 6) is 0.0446. The van der Waals surface area contributed by atoms with Crippen LogP contribution in [0.25, 0.3) is 0 Å². The van der Waals surface area contributed by atoms with E-state index in [-0.39, 0.29) is 23.3 Å². The maximum atomic E-state index is 13.3. The van der Waals surface area contributed by atoms with E-state index in [0.717, 1.165) is 0 Å². The van der Waals surface area contributed by atoms with Crippen LogP contribution in [0.5, 0.6) is 17.2 Å². The highest BCUT2D eigenvalue weighted by Crippen LogP contribution is 2.38. The second-order valence-corrected chi connectivity index (χ2v) is 10.3. The van der Waals surface area contributed by atoms with Crippen LogP contribution in [0.1, 0.15) is 61.7 Å². The van der Waals surface area contributed by atoms with Gasteiger partial charge in [0, 0.05) is 22.1 Å². The van der Waals surface area contributed by atoms with E-state index in [4.69, 9.17) is 14.2 Å². The lowest BCUT2D eigenvalue weighted by molar-refractivity contribution is 0.0924. The Morgan fingerprint density at radius 3 is 2.05 bits per heavy atom. The fourth-order valence-electron chi connectivity index (χ4n) is 4.21. The third kappa shape index (κ3) is 6.55. The number of ether oxygens (including phenoxy) is 3. The summed E-state index contributed by atoms with van der Waals surface area (Å²) >= 11 is 1.27. The van der Waals surface area contributed by atoms with Gasteiger partial charge in [0.05, 0.1) is 33.1 Å². The van der Waals surface area contributed by atoms with Gasteiger partial charge in [-0.1, -0.05) is 56.3 Å². The van der Waals surface area contributed by atoms with Crippen molar-refractivity contribution in [3.8, 4) is 17.2 Å². The van der Waals surface area contributed by atoms with Gasteiger partial charge >= 0.3 is 0 Å². The number of nitrogens with zero attached hydrogens (tertiary/aromatic N) is 1. The van der Waals surface area contributed by atoms with Crippen LogP contribution in [0.2, 0.25) is 0 Å². The zero-order valence-electron chi connectivity index (χ0n) is 23.4. The molecule has 2 N–H and O–H groups in total. The Bertz CT molecular complexity index is 1530. The summed E-state index contributed by atoms with van der Waals surface area (Å²) in [6.07, 6.45) is 0. The highest BCUT2D eigenvalue weighted by molar-refractivity contribution is 7.10. The second-order valence-electron chi connectivity index (χ2n) is 9.38. The average molecular weight is 574 g/mol. The first-order valence-corrected chi connectivity index (χ1v) is 13.7. The molecule has 1 heterocycles. The molecular formula is C31H31N3O6S. The maximum absolute atomic E-state index is 13.3. The topological polar surface area (TPSA) is 116 Å². The first kappa shape index (κ1) is 29.3. The van der Waals surface area contributed by atoms with Crippen molar-refractivity contribution in [2.24, 2.45) is 5.92 Å². The lowest BCUT2D eigenvalue weighted by Crippen LogP contribution is -2.32. The highest BCUT2D eigenvalue weighted by Gasteiger charge is 2.26. The number of para-hydroxylation sites is 1. The molecule has 41 heavy (non-hydrogen) atoms. The number of amides is 2. The minimum atomic E-state index is -0.472. The molecule has 212 valence electrons. The number of thiazole rings is 1. The first-order chi connectivity index (χ1) is 19.8. The molecule has 0 radical (unpaired) electrons. The number of carbonyl (C=O) groups excluding carboxylic acids is 3. The van der Waals surface area contributed by atoms with Gasteiger partial charge in [0.15, 0.2) is 17.3 Å². The maximum Gasteiger partial charge on any atom is 0.275 e. The van der Waals surface area contributed by atoms with Gasteiger partial charge < -0.3 is 24.8 Å². The quantitative estimate of drug-likeness (QED) is 0.219.